The van der Waals surface area contributed by atoms with E-state index in [0.717, 1.165) is 28.4 Å². The fourth-order valence-electron chi connectivity index (χ4n) is 1.82. The van der Waals surface area contributed by atoms with Crippen molar-refractivity contribution < 1.29 is 4.74 Å². The average Bonchev–Trinajstić information content (AvgIpc) is 2.53. The first-order valence-electron chi connectivity index (χ1n) is 5.66. The molecule has 1 heterocycles. The molecule has 0 aliphatic rings. The highest BCUT2D eigenvalue weighted by Gasteiger charge is 2.12. The molecule has 0 saturated heterocycles. The zero-order chi connectivity index (χ0) is 13.3. The summed E-state index contributed by atoms with van der Waals surface area (Å²) in [5, 5.41) is 4.90. The molecule has 0 amide bonds. The molecule has 0 atom stereocenters. The Bertz CT molecular complexity index is 578. The second-order valence-corrected chi connectivity index (χ2v) is 4.66. The number of aromatic nitrogens is 2. The van der Waals surface area contributed by atoms with E-state index in [1.807, 2.05) is 39.1 Å². The van der Waals surface area contributed by atoms with E-state index >= 15 is 0 Å². The van der Waals surface area contributed by atoms with Crippen LogP contribution in [0, 0.1) is 13.8 Å². The van der Waals surface area contributed by atoms with Gasteiger partial charge < -0.3 is 10.5 Å². The third kappa shape index (κ3) is 2.43. The summed E-state index contributed by atoms with van der Waals surface area (Å²) in [4.78, 5) is 0. The number of aryl methyl sites for hydroxylation is 3. The number of nitrogen functional groups attached to an aromatic ring is 1. The minimum atomic E-state index is 0.390. The van der Waals surface area contributed by atoms with Gasteiger partial charge in [-0.05, 0) is 37.6 Å². The number of nitrogens with zero attached hydrogens (tertiary/aromatic N) is 2. The number of halogens is 1. The predicted octanol–water partition coefficient (Wildman–Crippen LogP) is 2.85. The highest BCUT2D eigenvalue weighted by Crippen LogP contribution is 2.24. The number of rotatable bonds is 3. The maximum Gasteiger partial charge on any atom is 0.131 e. The minimum Gasteiger partial charge on any atom is -0.487 e. The van der Waals surface area contributed by atoms with E-state index in [-0.39, 0.29) is 0 Å². The third-order valence-electron chi connectivity index (χ3n) is 2.83. The van der Waals surface area contributed by atoms with Crippen molar-refractivity contribution in [2.45, 2.75) is 20.5 Å². The predicted molar refractivity (Wildman–Crippen MR) is 72.9 cm³/mol. The van der Waals surface area contributed by atoms with Crippen LogP contribution < -0.4 is 10.5 Å². The normalized spacial score (nSPS) is 10.7. The van der Waals surface area contributed by atoms with Crippen LogP contribution in [-0.4, -0.2) is 9.78 Å². The van der Waals surface area contributed by atoms with Crippen LogP contribution in [0.3, 0.4) is 0 Å². The van der Waals surface area contributed by atoms with Crippen LogP contribution in [0.5, 0.6) is 5.75 Å². The molecule has 0 aliphatic heterocycles. The second kappa shape index (κ2) is 4.90. The third-order valence-corrected chi connectivity index (χ3v) is 3.32. The maximum atomic E-state index is 6.16. The van der Waals surface area contributed by atoms with Gasteiger partial charge in [-0.3, -0.25) is 4.68 Å². The first-order valence-corrected chi connectivity index (χ1v) is 6.03. The zero-order valence-electron chi connectivity index (χ0n) is 10.7. The molecule has 0 bridgehead atoms. The molecule has 2 aromatic rings. The largest absolute Gasteiger partial charge is 0.487 e. The summed E-state index contributed by atoms with van der Waals surface area (Å²) in [5.74, 6) is 0.805. The molecule has 96 valence electrons. The lowest BCUT2D eigenvalue weighted by Gasteiger charge is -2.10. The summed E-state index contributed by atoms with van der Waals surface area (Å²) in [5.41, 5.74) is 9.11. The number of benzene rings is 1. The van der Waals surface area contributed by atoms with E-state index in [1.54, 1.807) is 4.68 Å². The molecule has 1 aromatic heterocycles. The summed E-state index contributed by atoms with van der Waals surface area (Å²) in [6, 6.07) is 5.56. The highest BCUT2D eigenvalue weighted by atomic mass is 35.5. The van der Waals surface area contributed by atoms with Crippen LogP contribution in [0.2, 0.25) is 5.02 Å². The van der Waals surface area contributed by atoms with Gasteiger partial charge in [-0.25, -0.2) is 0 Å². The van der Waals surface area contributed by atoms with Gasteiger partial charge in [0.2, 0.25) is 0 Å². The van der Waals surface area contributed by atoms with Crippen LogP contribution in [0.15, 0.2) is 18.2 Å². The van der Waals surface area contributed by atoms with E-state index in [9.17, 15) is 0 Å². The van der Waals surface area contributed by atoms with Crippen molar-refractivity contribution in [3.63, 3.8) is 0 Å². The monoisotopic (exact) mass is 265 g/mol. The van der Waals surface area contributed by atoms with Crippen molar-refractivity contribution in [1.29, 1.82) is 0 Å². The summed E-state index contributed by atoms with van der Waals surface area (Å²) >= 11 is 6.16. The Kier molecular flexibility index (Phi) is 3.48. The molecule has 0 fully saturated rings. The maximum absolute atomic E-state index is 6.16. The lowest BCUT2D eigenvalue weighted by Crippen LogP contribution is -2.04. The fraction of sp³-hybridized carbons (Fsp3) is 0.308. The zero-order valence-corrected chi connectivity index (χ0v) is 11.5. The van der Waals surface area contributed by atoms with Crippen molar-refractivity contribution in [2.75, 3.05) is 5.73 Å². The average molecular weight is 266 g/mol. The first kappa shape index (κ1) is 12.8. The van der Waals surface area contributed by atoms with Crippen molar-refractivity contribution in [2.24, 2.45) is 7.05 Å². The minimum absolute atomic E-state index is 0.390. The molecule has 1 aromatic carbocycles. The van der Waals surface area contributed by atoms with Gasteiger partial charge >= 0.3 is 0 Å². The molecule has 0 saturated carbocycles. The molecular weight excluding hydrogens is 250 g/mol. The summed E-state index contributed by atoms with van der Waals surface area (Å²) in [6.45, 7) is 4.23. The molecule has 0 spiro atoms. The molecule has 2 rings (SSSR count). The van der Waals surface area contributed by atoms with Crippen LogP contribution in [0.1, 0.15) is 17.0 Å². The topological polar surface area (TPSA) is 53.1 Å². The summed E-state index contributed by atoms with van der Waals surface area (Å²) in [6.07, 6.45) is 0. The second-order valence-electron chi connectivity index (χ2n) is 4.28. The van der Waals surface area contributed by atoms with Crippen molar-refractivity contribution in [1.82, 2.24) is 9.78 Å². The Morgan fingerprint density at radius 2 is 2.11 bits per heavy atom. The number of ether oxygens (including phenoxy) is 1. The van der Waals surface area contributed by atoms with Gasteiger partial charge in [0.25, 0.3) is 0 Å². The molecule has 5 heteroatoms. The van der Waals surface area contributed by atoms with E-state index in [0.29, 0.717) is 11.6 Å². The van der Waals surface area contributed by atoms with Crippen LogP contribution in [0.25, 0.3) is 0 Å². The van der Waals surface area contributed by atoms with Gasteiger partial charge in [-0.15, -0.1) is 0 Å². The molecule has 4 nitrogen and oxygen atoms in total. The number of hydrogen-bond acceptors (Lipinski definition) is 3. The standard InChI is InChI=1S/C13H16ClN3O/c1-8-6-10(15)4-5-12(8)18-7-11-13(14)9(2)16-17(11)3/h4-6H,7,15H2,1-3H3. The Morgan fingerprint density at radius 3 is 2.67 bits per heavy atom. The Hall–Kier alpha value is -1.68. The smallest absolute Gasteiger partial charge is 0.131 e. The molecule has 0 radical (unpaired) electrons. The van der Waals surface area contributed by atoms with Gasteiger partial charge in [-0.1, -0.05) is 11.6 Å². The summed E-state index contributed by atoms with van der Waals surface area (Å²) in [7, 11) is 1.85. The van der Waals surface area contributed by atoms with Gasteiger partial charge in [0, 0.05) is 12.7 Å². The number of anilines is 1. The lowest BCUT2D eigenvalue weighted by atomic mass is 10.2. The van der Waals surface area contributed by atoms with E-state index in [4.69, 9.17) is 22.1 Å². The van der Waals surface area contributed by atoms with E-state index in [1.165, 1.54) is 0 Å². The molecule has 0 aliphatic carbocycles. The molecule has 18 heavy (non-hydrogen) atoms. The number of nitrogens with two attached hydrogens (primary N) is 1. The lowest BCUT2D eigenvalue weighted by molar-refractivity contribution is 0.293. The van der Waals surface area contributed by atoms with Crippen molar-refractivity contribution in [3.8, 4) is 5.75 Å². The van der Waals surface area contributed by atoms with Crippen LogP contribution in [0.4, 0.5) is 5.69 Å². The van der Waals surface area contributed by atoms with Gasteiger partial charge in [0.15, 0.2) is 0 Å². The SMILES string of the molecule is Cc1cc(N)ccc1OCc1c(Cl)c(C)nn1C. The quantitative estimate of drug-likeness (QED) is 0.869. The Morgan fingerprint density at radius 1 is 1.39 bits per heavy atom. The fourth-order valence-corrected chi connectivity index (χ4v) is 2.03. The highest BCUT2D eigenvalue weighted by molar-refractivity contribution is 6.31. The van der Waals surface area contributed by atoms with Crippen LogP contribution in [-0.2, 0) is 13.7 Å². The Balaban J connectivity index is 2.16. The van der Waals surface area contributed by atoms with Crippen molar-refractivity contribution in [3.05, 3.63) is 40.2 Å². The Labute approximate surface area is 111 Å². The summed E-state index contributed by atoms with van der Waals surface area (Å²) < 4.78 is 7.49. The van der Waals surface area contributed by atoms with Crippen molar-refractivity contribution >= 4 is 17.3 Å². The molecule has 2 N–H and O–H groups in total. The first-order chi connectivity index (χ1) is 8.49. The van der Waals surface area contributed by atoms with E-state index < -0.39 is 0 Å². The van der Waals surface area contributed by atoms with Gasteiger partial charge in [0.05, 0.1) is 16.4 Å². The van der Waals surface area contributed by atoms with E-state index in [2.05, 4.69) is 5.10 Å². The van der Waals surface area contributed by atoms with Gasteiger partial charge in [-0.2, -0.15) is 5.10 Å². The molecular formula is C13H16ClN3O. The van der Waals surface area contributed by atoms with Gasteiger partial charge in [0.1, 0.15) is 12.4 Å². The number of hydrogen-bond donors (Lipinski definition) is 1. The molecule has 0 unspecified atom stereocenters. The van der Waals surface area contributed by atoms with Crippen LogP contribution >= 0.6 is 11.6 Å².